The van der Waals surface area contributed by atoms with Gasteiger partial charge in [0.2, 0.25) is 0 Å². The number of benzene rings is 1. The number of nitrogens with zero attached hydrogens (tertiary/aromatic N) is 2. The lowest BCUT2D eigenvalue weighted by Crippen LogP contribution is -2.56. The summed E-state index contributed by atoms with van der Waals surface area (Å²) in [6.07, 6.45) is 3.88. The zero-order valence-electron chi connectivity index (χ0n) is 11.8. The van der Waals surface area contributed by atoms with Crippen LogP contribution in [0.2, 0.25) is 0 Å². The number of piperidine rings is 3. The molecule has 1 aromatic rings. The lowest BCUT2D eigenvalue weighted by atomic mass is 9.84. The predicted molar refractivity (Wildman–Crippen MR) is 87.1 cm³/mol. The van der Waals surface area contributed by atoms with E-state index >= 15 is 0 Å². The zero-order chi connectivity index (χ0) is 14.7. The van der Waals surface area contributed by atoms with Crippen molar-refractivity contribution in [1.29, 1.82) is 0 Å². The molecule has 112 valence electrons. The van der Waals surface area contributed by atoms with Gasteiger partial charge in [0.15, 0.2) is 0 Å². The normalized spacial score (nSPS) is 28.0. The maximum atomic E-state index is 12.2. The van der Waals surface area contributed by atoms with E-state index in [0.29, 0.717) is 5.92 Å². The van der Waals surface area contributed by atoms with Crippen molar-refractivity contribution in [3.8, 4) is 0 Å². The van der Waals surface area contributed by atoms with Crippen LogP contribution < -0.4 is 0 Å². The highest BCUT2D eigenvalue weighted by molar-refractivity contribution is 8.02. The van der Waals surface area contributed by atoms with E-state index in [9.17, 15) is 4.79 Å². The Balaban J connectivity index is 1.55. The summed E-state index contributed by atoms with van der Waals surface area (Å²) >= 11 is 7.81. The molecule has 2 bridgehead atoms. The van der Waals surface area contributed by atoms with Gasteiger partial charge < -0.3 is 4.90 Å². The second-order valence-electron chi connectivity index (χ2n) is 5.59. The molecule has 21 heavy (non-hydrogen) atoms. The number of carbonyl (C=O) groups is 1. The Hall–Kier alpha value is -0.970. The summed E-state index contributed by atoms with van der Waals surface area (Å²) in [6, 6.07) is 10.1. The minimum absolute atomic E-state index is 0.112. The second kappa shape index (κ2) is 6.86. The molecule has 0 saturated carbocycles. The number of hydrogen-bond acceptors (Lipinski definition) is 3. The first-order valence-electron chi connectivity index (χ1n) is 7.33. The summed E-state index contributed by atoms with van der Waals surface area (Å²) in [5.74, 6) is 0.450. The molecule has 0 spiro atoms. The molecule has 0 N–H and O–H groups in total. The number of rotatable bonds is 4. The van der Waals surface area contributed by atoms with Gasteiger partial charge in [-0.2, -0.15) is 0 Å². The van der Waals surface area contributed by atoms with Crippen LogP contribution in [-0.4, -0.2) is 40.9 Å². The smallest absolute Gasteiger partial charge is 0.261 e. The monoisotopic (exact) mass is 322 g/mol. The molecule has 3 aliphatic heterocycles. The first-order valence-corrected chi connectivity index (χ1v) is 8.55. The first kappa shape index (κ1) is 14.9. The Morgan fingerprint density at radius 3 is 2.62 bits per heavy atom. The Labute approximate surface area is 135 Å². The van der Waals surface area contributed by atoms with E-state index in [1.807, 2.05) is 35.7 Å². The van der Waals surface area contributed by atoms with Crippen LogP contribution in [0, 0.1) is 5.92 Å². The highest BCUT2D eigenvalue weighted by atomic mass is 35.5. The quantitative estimate of drug-likeness (QED) is 0.482. The number of fused-ring (bicyclic) bond motifs is 3. The molecule has 1 amide bonds. The molecule has 0 aliphatic carbocycles. The first-order chi connectivity index (χ1) is 10.2. The number of halogens is 1. The van der Waals surface area contributed by atoms with Crippen LogP contribution in [0.3, 0.4) is 0 Å². The highest BCUT2D eigenvalue weighted by Gasteiger charge is 2.38. The molecule has 5 heteroatoms. The van der Waals surface area contributed by atoms with E-state index < -0.39 is 0 Å². The SMILES string of the molecule is O=C(/C=C\Sc1ccccc1)N(Cl)[C@H]1CN2CCC1CC2. The maximum absolute atomic E-state index is 12.2. The summed E-state index contributed by atoms with van der Waals surface area (Å²) in [5.41, 5.74) is 0. The average molecular weight is 323 g/mol. The molecular weight excluding hydrogens is 304 g/mol. The van der Waals surface area contributed by atoms with Gasteiger partial charge in [0.05, 0.1) is 6.04 Å². The number of thioether (sulfide) groups is 1. The van der Waals surface area contributed by atoms with Gasteiger partial charge in [-0.25, -0.2) is 4.42 Å². The lowest BCUT2D eigenvalue weighted by Gasteiger charge is -2.46. The maximum Gasteiger partial charge on any atom is 0.261 e. The Morgan fingerprint density at radius 2 is 2.00 bits per heavy atom. The third-order valence-corrected chi connectivity index (χ3v) is 5.52. The molecular formula is C16H19ClN2OS. The summed E-state index contributed by atoms with van der Waals surface area (Å²) in [4.78, 5) is 15.7. The van der Waals surface area contributed by atoms with E-state index in [1.54, 1.807) is 6.08 Å². The van der Waals surface area contributed by atoms with E-state index in [0.717, 1.165) is 37.4 Å². The van der Waals surface area contributed by atoms with Crippen LogP contribution in [0.4, 0.5) is 0 Å². The molecule has 0 radical (unpaired) electrons. The third kappa shape index (κ3) is 3.62. The molecule has 0 aromatic heterocycles. The minimum atomic E-state index is -0.112. The van der Waals surface area contributed by atoms with Crippen LogP contribution in [0.15, 0.2) is 46.7 Å². The van der Waals surface area contributed by atoms with Crippen molar-refractivity contribution in [2.24, 2.45) is 5.92 Å². The fourth-order valence-electron chi connectivity index (χ4n) is 3.10. The Bertz CT molecular complexity index is 514. The molecule has 3 heterocycles. The van der Waals surface area contributed by atoms with Crippen molar-refractivity contribution >= 4 is 29.4 Å². The van der Waals surface area contributed by atoms with Crippen molar-refractivity contribution in [3.05, 3.63) is 41.8 Å². The van der Waals surface area contributed by atoms with Gasteiger partial charge in [-0.3, -0.25) is 4.79 Å². The zero-order valence-corrected chi connectivity index (χ0v) is 13.4. The van der Waals surface area contributed by atoms with Gasteiger partial charge in [-0.05, 0) is 49.4 Å². The van der Waals surface area contributed by atoms with Crippen molar-refractivity contribution in [2.45, 2.75) is 23.8 Å². The van der Waals surface area contributed by atoms with Crippen molar-refractivity contribution in [3.63, 3.8) is 0 Å². The van der Waals surface area contributed by atoms with Gasteiger partial charge in [0, 0.05) is 29.3 Å². The number of hydrogen-bond donors (Lipinski definition) is 0. The van der Waals surface area contributed by atoms with Gasteiger partial charge in [-0.15, -0.1) is 0 Å². The van der Waals surface area contributed by atoms with Crippen LogP contribution in [0.25, 0.3) is 0 Å². The van der Waals surface area contributed by atoms with Crippen molar-refractivity contribution in [2.75, 3.05) is 19.6 Å². The Morgan fingerprint density at radius 1 is 1.29 bits per heavy atom. The molecule has 3 nitrogen and oxygen atoms in total. The topological polar surface area (TPSA) is 23.6 Å². The molecule has 3 saturated heterocycles. The van der Waals surface area contributed by atoms with Crippen LogP contribution in [0.5, 0.6) is 0 Å². The van der Waals surface area contributed by atoms with Gasteiger partial charge in [0.25, 0.3) is 5.91 Å². The van der Waals surface area contributed by atoms with Gasteiger partial charge in [-0.1, -0.05) is 30.0 Å². The van der Waals surface area contributed by atoms with Crippen LogP contribution >= 0.6 is 23.5 Å². The molecule has 1 atom stereocenters. The molecule has 4 rings (SSSR count). The largest absolute Gasteiger partial charge is 0.301 e. The van der Waals surface area contributed by atoms with E-state index in [2.05, 4.69) is 4.90 Å². The lowest BCUT2D eigenvalue weighted by molar-refractivity contribution is -0.125. The molecule has 0 unspecified atom stereocenters. The second-order valence-corrected chi connectivity index (χ2v) is 6.93. The predicted octanol–water partition coefficient (Wildman–Crippen LogP) is 3.37. The third-order valence-electron chi connectivity index (χ3n) is 4.28. The fraction of sp³-hybridized carbons (Fsp3) is 0.438. The van der Waals surface area contributed by atoms with Crippen molar-refractivity contribution in [1.82, 2.24) is 9.32 Å². The average Bonchev–Trinajstić information content (AvgIpc) is 2.56. The summed E-state index contributed by atoms with van der Waals surface area (Å²) in [6.45, 7) is 3.22. The van der Waals surface area contributed by atoms with E-state index in [1.165, 1.54) is 16.2 Å². The van der Waals surface area contributed by atoms with Gasteiger partial charge >= 0.3 is 0 Å². The highest BCUT2D eigenvalue weighted by Crippen LogP contribution is 2.32. The summed E-state index contributed by atoms with van der Waals surface area (Å²) in [5, 5.41) is 1.81. The molecule has 1 aromatic carbocycles. The van der Waals surface area contributed by atoms with E-state index in [4.69, 9.17) is 11.8 Å². The standard InChI is InChI=1S/C16H19ClN2OS/c17-19(15-12-18-9-6-13(15)7-10-18)16(20)8-11-21-14-4-2-1-3-5-14/h1-5,8,11,13,15H,6-7,9-10,12H2/b11-8-/t15-/m0/s1. The van der Waals surface area contributed by atoms with Crippen LogP contribution in [-0.2, 0) is 4.79 Å². The summed E-state index contributed by atoms with van der Waals surface area (Å²) < 4.78 is 1.41. The number of carbonyl (C=O) groups excluding carboxylic acids is 1. The summed E-state index contributed by atoms with van der Waals surface area (Å²) in [7, 11) is 0. The number of amides is 1. The minimum Gasteiger partial charge on any atom is -0.301 e. The molecule has 3 fully saturated rings. The van der Waals surface area contributed by atoms with Crippen LogP contribution in [0.1, 0.15) is 12.8 Å². The van der Waals surface area contributed by atoms with Crippen molar-refractivity contribution < 1.29 is 4.79 Å². The molecule has 3 aliphatic rings. The Kier molecular flexibility index (Phi) is 4.88. The van der Waals surface area contributed by atoms with Gasteiger partial charge in [0.1, 0.15) is 0 Å². The fourth-order valence-corrected chi connectivity index (χ4v) is 4.03. The van der Waals surface area contributed by atoms with E-state index in [-0.39, 0.29) is 11.9 Å².